The van der Waals surface area contributed by atoms with E-state index in [4.69, 9.17) is 4.74 Å². The molecule has 6 bridgehead atoms. The molecule has 4 aliphatic heterocycles. The van der Waals surface area contributed by atoms with Gasteiger partial charge in [0, 0.05) is 25.2 Å². The zero-order valence-electron chi connectivity index (χ0n) is 18.5. The van der Waals surface area contributed by atoms with E-state index in [9.17, 15) is 0 Å². The monoisotopic (exact) mass is 427 g/mol. The largest absolute Gasteiger partial charge is 0.464 e. The van der Waals surface area contributed by atoms with E-state index in [1.54, 1.807) is 0 Å². The molecular weight excluding hydrogens is 398 g/mol. The minimum absolute atomic E-state index is 0.341. The van der Waals surface area contributed by atoms with Gasteiger partial charge in [-0.25, -0.2) is 0 Å². The average Bonchev–Trinajstić information content (AvgIpc) is 2.81. The maximum atomic E-state index is 5.57. The Hall–Kier alpha value is -3.67. The van der Waals surface area contributed by atoms with Crippen LogP contribution in [0.15, 0.2) is 61.2 Å². The van der Waals surface area contributed by atoms with Crippen molar-refractivity contribution in [2.45, 2.75) is 32.7 Å². The van der Waals surface area contributed by atoms with Crippen molar-refractivity contribution in [2.24, 2.45) is 0 Å². The number of nitrogens with zero attached hydrogens (tertiary/aromatic N) is 3. The molecule has 1 aromatic heterocycles. The molecule has 0 fully saturated rings. The number of rotatable bonds is 2. The fourth-order valence-corrected chi connectivity index (χ4v) is 3.46. The van der Waals surface area contributed by atoms with Crippen LogP contribution in [0.3, 0.4) is 0 Å². The molecule has 6 heteroatoms. The number of hydrogen-bond donors (Lipinski definition) is 2. The Balaban J connectivity index is 1.61. The summed E-state index contributed by atoms with van der Waals surface area (Å²) in [6, 6.07) is 17.2. The van der Waals surface area contributed by atoms with Crippen LogP contribution in [0.1, 0.15) is 47.8 Å². The van der Waals surface area contributed by atoms with E-state index in [1.807, 2.05) is 6.92 Å². The number of aromatic nitrogens is 3. The Morgan fingerprint density at radius 2 is 1.72 bits per heavy atom. The summed E-state index contributed by atoms with van der Waals surface area (Å²) in [6.45, 7) is 8.12. The van der Waals surface area contributed by atoms with Crippen molar-refractivity contribution in [2.75, 3.05) is 18.5 Å². The first-order valence-electron chi connectivity index (χ1n) is 11.1. The zero-order valence-corrected chi connectivity index (χ0v) is 18.5. The third-order valence-electron chi connectivity index (χ3n) is 5.23. The topological polar surface area (TPSA) is 72.0 Å². The molecule has 0 spiro atoms. The molecule has 2 N–H and O–H groups in total. The smallest absolute Gasteiger partial charge is 0.321 e. The zero-order chi connectivity index (χ0) is 22.2. The average molecular weight is 428 g/mol. The molecule has 164 valence electrons. The van der Waals surface area contributed by atoms with E-state index in [0.29, 0.717) is 37.4 Å². The summed E-state index contributed by atoms with van der Waals surface area (Å²) in [6.07, 6.45) is 7.05. The molecule has 2 aromatic carbocycles. The first-order valence-corrected chi connectivity index (χ1v) is 11.1. The molecule has 0 saturated heterocycles. The van der Waals surface area contributed by atoms with Crippen LogP contribution >= 0.6 is 0 Å². The van der Waals surface area contributed by atoms with Crippen molar-refractivity contribution in [1.29, 1.82) is 0 Å². The first kappa shape index (κ1) is 21.6. The summed E-state index contributed by atoms with van der Waals surface area (Å²) in [5.41, 5.74) is 5.49. The van der Waals surface area contributed by atoms with E-state index in [-0.39, 0.29) is 0 Å². The Labute approximate surface area is 189 Å². The van der Waals surface area contributed by atoms with E-state index < -0.39 is 0 Å². The van der Waals surface area contributed by atoms with Crippen LogP contribution in [-0.2, 0) is 13.0 Å². The van der Waals surface area contributed by atoms with Crippen LogP contribution in [0, 0.1) is 0 Å². The van der Waals surface area contributed by atoms with Crippen LogP contribution in [0.2, 0.25) is 0 Å². The molecule has 32 heavy (non-hydrogen) atoms. The van der Waals surface area contributed by atoms with Crippen molar-refractivity contribution in [1.82, 2.24) is 20.3 Å². The Bertz CT molecular complexity index is 1070. The van der Waals surface area contributed by atoms with Crippen molar-refractivity contribution in [3.05, 3.63) is 89.3 Å². The van der Waals surface area contributed by atoms with Gasteiger partial charge in [0.15, 0.2) is 0 Å². The van der Waals surface area contributed by atoms with Gasteiger partial charge >= 0.3 is 6.01 Å². The molecule has 0 atom stereocenters. The van der Waals surface area contributed by atoms with Gasteiger partial charge in [0.05, 0.1) is 6.61 Å². The molecule has 0 aliphatic carbocycles. The van der Waals surface area contributed by atoms with E-state index in [0.717, 1.165) is 41.8 Å². The lowest BCUT2D eigenvalue weighted by molar-refractivity contribution is 0.310. The summed E-state index contributed by atoms with van der Waals surface area (Å²) in [7, 11) is 0. The highest BCUT2D eigenvalue weighted by Gasteiger charge is 2.09. The van der Waals surface area contributed by atoms with Gasteiger partial charge in [-0.05, 0) is 42.0 Å². The maximum absolute atomic E-state index is 5.57. The van der Waals surface area contributed by atoms with Gasteiger partial charge in [0.25, 0.3) is 0 Å². The van der Waals surface area contributed by atoms with Gasteiger partial charge < -0.3 is 15.4 Å². The van der Waals surface area contributed by atoms with Crippen LogP contribution in [0.25, 0.3) is 11.8 Å². The predicted molar refractivity (Wildman–Crippen MR) is 129 cm³/mol. The fourth-order valence-electron chi connectivity index (χ4n) is 3.46. The number of anilines is 1. The number of nitrogens with one attached hydrogen (secondary N) is 2. The van der Waals surface area contributed by atoms with Gasteiger partial charge in [-0.3, -0.25) is 0 Å². The molecular formula is C26H29N5O. The summed E-state index contributed by atoms with van der Waals surface area (Å²) >= 11 is 0. The summed E-state index contributed by atoms with van der Waals surface area (Å²) < 4.78 is 5.57. The lowest BCUT2D eigenvalue weighted by atomic mass is 10.1. The summed E-state index contributed by atoms with van der Waals surface area (Å²) in [5, 5.41) is 6.74. The van der Waals surface area contributed by atoms with Gasteiger partial charge in [-0.15, -0.1) is 0 Å². The van der Waals surface area contributed by atoms with Gasteiger partial charge in [-0.2, -0.15) is 15.0 Å². The maximum Gasteiger partial charge on any atom is 0.321 e. The number of hydrogen-bond acceptors (Lipinski definition) is 6. The third kappa shape index (κ3) is 5.94. The van der Waals surface area contributed by atoms with Gasteiger partial charge in [0.2, 0.25) is 5.95 Å². The molecule has 0 unspecified atom stereocenters. The van der Waals surface area contributed by atoms with Gasteiger partial charge in [-0.1, -0.05) is 67.3 Å². The summed E-state index contributed by atoms with van der Waals surface area (Å²) in [4.78, 5) is 13.5. The van der Waals surface area contributed by atoms with Crippen LogP contribution < -0.4 is 15.4 Å². The van der Waals surface area contributed by atoms with Crippen LogP contribution in [0.4, 0.5) is 5.95 Å². The van der Waals surface area contributed by atoms with Crippen molar-refractivity contribution < 1.29 is 4.74 Å². The fraction of sp³-hybridized carbons (Fsp3) is 0.269. The third-order valence-corrected chi connectivity index (χ3v) is 5.23. The minimum atomic E-state index is 0.341. The predicted octanol–water partition coefficient (Wildman–Crippen LogP) is 4.84. The first-order chi connectivity index (χ1) is 15.7. The second-order valence-electron chi connectivity index (χ2n) is 7.71. The Kier molecular flexibility index (Phi) is 7.12. The molecule has 3 aromatic rings. The molecule has 4 aliphatic rings. The second kappa shape index (κ2) is 10.6. The van der Waals surface area contributed by atoms with Crippen LogP contribution in [-0.4, -0.2) is 28.1 Å². The molecule has 5 heterocycles. The molecule has 7 rings (SSSR count). The number of allylic oxidation sites excluding steroid dienone is 1. The molecule has 0 saturated carbocycles. The van der Waals surface area contributed by atoms with Crippen molar-refractivity contribution in [3.8, 4) is 6.01 Å². The minimum Gasteiger partial charge on any atom is -0.464 e. The molecule has 6 nitrogen and oxygen atoms in total. The van der Waals surface area contributed by atoms with E-state index in [2.05, 4.69) is 92.8 Å². The highest BCUT2D eigenvalue weighted by molar-refractivity contribution is 5.61. The normalized spacial score (nSPS) is 15.3. The lowest BCUT2D eigenvalue weighted by Crippen LogP contribution is -2.12. The quantitative estimate of drug-likeness (QED) is 0.610. The highest BCUT2D eigenvalue weighted by Crippen LogP contribution is 2.16. The molecule has 0 radical (unpaired) electrons. The van der Waals surface area contributed by atoms with E-state index >= 15 is 0 Å². The molecule has 0 amide bonds. The van der Waals surface area contributed by atoms with E-state index in [1.165, 1.54) is 5.56 Å². The summed E-state index contributed by atoms with van der Waals surface area (Å²) in [5.74, 6) is 1.18. The second-order valence-corrected chi connectivity index (χ2v) is 7.71. The highest BCUT2D eigenvalue weighted by atomic mass is 16.5. The van der Waals surface area contributed by atoms with Gasteiger partial charge in [0.1, 0.15) is 5.82 Å². The van der Waals surface area contributed by atoms with Crippen LogP contribution in [0.5, 0.6) is 6.01 Å². The number of ether oxygens (including phenoxy) is 1. The number of benzene rings is 2. The standard InChI is InChI=1S/C26H29N5O/c1-3-32-26-30-24-17-21-12-14-23(15-13-21)19(2)27-16-6-4-5-7-20-8-10-22(11-9-20)18-28-25(29-24)31-26/h5,7-15,27H,2-4,6,16-18H2,1H3,(H,28,29,30,31)/b7-5+. The van der Waals surface area contributed by atoms with Crippen molar-refractivity contribution >= 4 is 17.7 Å². The SMILES string of the molecule is C=C1NCCC/C=C/c2ccc(cc2)CNc2nc(nc(OCC)n2)Cc2ccc1cc2. The van der Waals surface area contributed by atoms with Crippen molar-refractivity contribution in [3.63, 3.8) is 0 Å². The Morgan fingerprint density at radius 3 is 2.50 bits per heavy atom. The lowest BCUT2D eigenvalue weighted by Gasteiger charge is -2.11. The Morgan fingerprint density at radius 1 is 0.938 bits per heavy atom.